The van der Waals surface area contributed by atoms with Crippen LogP contribution in [-0.4, -0.2) is 34.2 Å². The summed E-state index contributed by atoms with van der Waals surface area (Å²) in [4.78, 5) is 22.6. The fraction of sp³-hybridized carbons (Fsp3) is 0.250. The summed E-state index contributed by atoms with van der Waals surface area (Å²) in [5.74, 6) is 1.02. The number of hydrogen-bond donors (Lipinski definition) is 1. The molecule has 0 unspecified atom stereocenters. The van der Waals surface area contributed by atoms with Gasteiger partial charge < -0.3 is 10.1 Å². The van der Waals surface area contributed by atoms with Crippen molar-refractivity contribution in [2.45, 2.75) is 19.4 Å². The second kappa shape index (κ2) is 10.3. The van der Waals surface area contributed by atoms with Gasteiger partial charge in [-0.15, -0.1) is 11.3 Å². The molecule has 0 aliphatic carbocycles. The van der Waals surface area contributed by atoms with Crippen LogP contribution in [0.3, 0.4) is 0 Å². The van der Waals surface area contributed by atoms with Crippen LogP contribution in [0, 0.1) is 11.7 Å². The predicted molar refractivity (Wildman–Crippen MR) is 149 cm³/mol. The molecule has 6 nitrogen and oxygen atoms in total. The van der Waals surface area contributed by atoms with E-state index < -0.39 is 11.4 Å². The molecule has 5 aromatic rings. The summed E-state index contributed by atoms with van der Waals surface area (Å²) in [7, 11) is 0. The fourth-order valence-corrected chi connectivity index (χ4v) is 6.28. The van der Waals surface area contributed by atoms with Crippen LogP contribution in [0.5, 0.6) is 5.75 Å². The quantitative estimate of drug-likeness (QED) is 0.267. The van der Waals surface area contributed by atoms with Gasteiger partial charge in [-0.25, -0.2) is 14.4 Å². The topological polar surface area (TPSA) is 69.0 Å². The van der Waals surface area contributed by atoms with Gasteiger partial charge in [-0.05, 0) is 67.7 Å². The normalized spacial score (nSPS) is 14.4. The van der Waals surface area contributed by atoms with Crippen LogP contribution < -0.4 is 15.6 Å². The van der Waals surface area contributed by atoms with Gasteiger partial charge in [0.15, 0.2) is 17.4 Å². The van der Waals surface area contributed by atoms with Crippen LogP contribution in [-0.2, 0) is 6.54 Å². The molecule has 0 bridgehead atoms. The first-order valence-corrected chi connectivity index (χ1v) is 13.8. The van der Waals surface area contributed by atoms with Gasteiger partial charge in [0, 0.05) is 25.5 Å². The van der Waals surface area contributed by atoms with Gasteiger partial charge in [-0.3, -0.25) is 9.36 Å². The minimum Gasteiger partial charge on any atom is -0.490 e. The number of aromatic nitrogens is 3. The van der Waals surface area contributed by atoms with E-state index in [1.807, 2.05) is 42.5 Å². The molecule has 0 atom stereocenters. The SMILES string of the molecule is O=c1c(F)cc2c3cc(Br)ccc3sc2n1Cc1cccc(-c2ncc(OCC3CCNCC3)cn2)c1. The Morgan fingerprint density at radius 3 is 2.70 bits per heavy atom. The van der Waals surface area contributed by atoms with E-state index in [-0.39, 0.29) is 6.54 Å². The molecule has 37 heavy (non-hydrogen) atoms. The first-order valence-electron chi connectivity index (χ1n) is 12.2. The number of hydrogen-bond acceptors (Lipinski definition) is 6. The lowest BCUT2D eigenvalue weighted by molar-refractivity contribution is 0.214. The number of ether oxygens (including phenoxy) is 1. The highest BCUT2D eigenvalue weighted by Gasteiger charge is 2.16. The number of halogens is 2. The maximum Gasteiger partial charge on any atom is 0.287 e. The zero-order valence-electron chi connectivity index (χ0n) is 19.9. The highest BCUT2D eigenvalue weighted by atomic mass is 79.9. The third kappa shape index (κ3) is 5.03. The molecule has 3 aromatic heterocycles. The molecule has 2 aromatic carbocycles. The molecule has 0 amide bonds. The van der Waals surface area contributed by atoms with Gasteiger partial charge >= 0.3 is 0 Å². The molecule has 0 radical (unpaired) electrons. The van der Waals surface area contributed by atoms with Crippen LogP contribution in [0.2, 0.25) is 0 Å². The summed E-state index contributed by atoms with van der Waals surface area (Å²) in [5.41, 5.74) is 1.05. The van der Waals surface area contributed by atoms with E-state index in [4.69, 9.17) is 4.74 Å². The van der Waals surface area contributed by atoms with Crippen molar-refractivity contribution in [1.82, 2.24) is 19.9 Å². The second-order valence-corrected chi connectivity index (χ2v) is 11.2. The molecule has 0 spiro atoms. The molecular weight excluding hydrogens is 555 g/mol. The average Bonchev–Trinajstić information content (AvgIpc) is 3.28. The number of pyridine rings is 1. The van der Waals surface area contributed by atoms with Crippen molar-refractivity contribution in [2.24, 2.45) is 5.92 Å². The van der Waals surface area contributed by atoms with Crippen molar-refractivity contribution in [1.29, 1.82) is 0 Å². The lowest BCUT2D eigenvalue weighted by Gasteiger charge is -2.22. The van der Waals surface area contributed by atoms with Crippen molar-refractivity contribution in [2.75, 3.05) is 19.7 Å². The van der Waals surface area contributed by atoms with Crippen LogP contribution in [0.4, 0.5) is 4.39 Å². The number of thiophene rings is 1. The third-order valence-corrected chi connectivity index (χ3v) is 8.44. The highest BCUT2D eigenvalue weighted by molar-refractivity contribution is 9.10. The number of nitrogens with one attached hydrogen (secondary N) is 1. The van der Waals surface area contributed by atoms with Crippen molar-refractivity contribution in [3.63, 3.8) is 0 Å². The smallest absolute Gasteiger partial charge is 0.287 e. The van der Waals surface area contributed by atoms with Gasteiger partial charge in [0.05, 0.1) is 25.5 Å². The monoisotopic (exact) mass is 578 g/mol. The summed E-state index contributed by atoms with van der Waals surface area (Å²) in [6.45, 7) is 2.99. The standard InChI is InChI=1S/C28H24BrFN4O2S/c29-20-4-5-25-22(11-20)23-12-24(30)27(35)34(28(23)37-25)15-18-2-1-3-19(10-18)26-32-13-21(14-33-26)36-16-17-6-8-31-9-7-17/h1-5,10-14,17,31H,6-9,15-16H2. The number of nitrogens with zero attached hydrogens (tertiary/aromatic N) is 3. The molecule has 188 valence electrons. The van der Waals surface area contributed by atoms with Crippen LogP contribution >= 0.6 is 27.3 Å². The Kier molecular flexibility index (Phi) is 6.75. The van der Waals surface area contributed by atoms with Gasteiger partial charge in [-0.1, -0.05) is 34.1 Å². The van der Waals surface area contributed by atoms with Gasteiger partial charge in [0.1, 0.15) is 4.83 Å². The first kappa shape index (κ1) is 24.2. The van der Waals surface area contributed by atoms with E-state index in [9.17, 15) is 9.18 Å². The first-order chi connectivity index (χ1) is 18.0. The maximum atomic E-state index is 14.7. The molecule has 1 N–H and O–H groups in total. The Labute approximate surface area is 225 Å². The van der Waals surface area contributed by atoms with E-state index in [0.717, 1.165) is 61.8 Å². The van der Waals surface area contributed by atoms with E-state index in [1.54, 1.807) is 12.4 Å². The molecule has 1 fully saturated rings. The van der Waals surface area contributed by atoms with Crippen LogP contribution in [0.25, 0.3) is 31.7 Å². The summed E-state index contributed by atoms with van der Waals surface area (Å²) in [5, 5.41) is 5.02. The lowest BCUT2D eigenvalue weighted by Crippen LogP contribution is -2.30. The molecular formula is C28H24BrFN4O2S. The minimum atomic E-state index is -0.758. The molecule has 1 saturated heterocycles. The number of benzene rings is 2. The van der Waals surface area contributed by atoms with E-state index in [2.05, 4.69) is 31.2 Å². The Morgan fingerprint density at radius 2 is 1.89 bits per heavy atom. The Morgan fingerprint density at radius 1 is 1.08 bits per heavy atom. The number of piperidine rings is 1. The molecule has 4 heterocycles. The van der Waals surface area contributed by atoms with Crippen LogP contribution in [0.15, 0.2) is 70.2 Å². The summed E-state index contributed by atoms with van der Waals surface area (Å²) in [6, 6.07) is 14.9. The molecule has 1 aliphatic rings. The minimum absolute atomic E-state index is 0.242. The van der Waals surface area contributed by atoms with Gasteiger partial charge in [-0.2, -0.15) is 0 Å². The Hall–Kier alpha value is -3.14. The van der Waals surface area contributed by atoms with Crippen molar-refractivity contribution in [3.8, 4) is 17.1 Å². The molecule has 9 heteroatoms. The van der Waals surface area contributed by atoms with Crippen molar-refractivity contribution >= 4 is 47.6 Å². The second-order valence-electron chi connectivity index (χ2n) is 9.29. The summed E-state index contributed by atoms with van der Waals surface area (Å²) < 4.78 is 24.0. The van der Waals surface area contributed by atoms with E-state index in [0.29, 0.717) is 24.1 Å². The largest absolute Gasteiger partial charge is 0.490 e. The van der Waals surface area contributed by atoms with E-state index in [1.165, 1.54) is 22.0 Å². The summed E-state index contributed by atoms with van der Waals surface area (Å²) in [6.07, 6.45) is 5.63. The molecule has 6 rings (SSSR count). The number of fused-ring (bicyclic) bond motifs is 3. The molecule has 1 aliphatic heterocycles. The average molecular weight is 579 g/mol. The van der Waals surface area contributed by atoms with Crippen LogP contribution in [0.1, 0.15) is 18.4 Å². The third-order valence-electron chi connectivity index (χ3n) is 6.73. The predicted octanol–water partition coefficient (Wildman–Crippen LogP) is 6.00. The van der Waals surface area contributed by atoms with E-state index >= 15 is 0 Å². The summed E-state index contributed by atoms with van der Waals surface area (Å²) >= 11 is 4.98. The zero-order chi connectivity index (χ0) is 25.4. The lowest BCUT2D eigenvalue weighted by atomic mass is 9.99. The van der Waals surface area contributed by atoms with Crippen molar-refractivity contribution < 1.29 is 9.13 Å². The highest BCUT2D eigenvalue weighted by Crippen LogP contribution is 2.35. The number of rotatable bonds is 6. The van der Waals surface area contributed by atoms with Crippen molar-refractivity contribution in [3.05, 3.63) is 87.1 Å². The zero-order valence-corrected chi connectivity index (χ0v) is 22.3. The fourth-order valence-electron chi connectivity index (χ4n) is 4.76. The molecule has 0 saturated carbocycles. The Bertz CT molecular complexity index is 1640. The Balaban J connectivity index is 1.26. The van der Waals surface area contributed by atoms with Gasteiger partial charge in [0.2, 0.25) is 0 Å². The van der Waals surface area contributed by atoms with Gasteiger partial charge in [0.25, 0.3) is 5.56 Å². The maximum absolute atomic E-state index is 14.7.